The Kier molecular flexibility index (Phi) is 4.89. The van der Waals surface area contributed by atoms with Gasteiger partial charge in [0, 0.05) is 14.9 Å². The van der Waals surface area contributed by atoms with Crippen molar-refractivity contribution < 1.29 is 0 Å². The number of rotatable bonds is 1. The van der Waals surface area contributed by atoms with Gasteiger partial charge in [0.25, 0.3) is 0 Å². The molecule has 4 aromatic rings. The molecule has 7 rings (SSSR count). The molecule has 3 aliphatic rings. The van der Waals surface area contributed by atoms with E-state index in [0.717, 1.165) is 21.3 Å². The SMILES string of the molecule is CC1=CC2(c3cc(Cl)ccc3-c3ccc(-c4ccc5cc(Br)ccc5c4)cc32)C2CC(C)CC1C2. The maximum Gasteiger partial charge on any atom is 0.0426 e. The standard InChI is InChI=1S/C33H28BrCl/c1-19-11-25-14-26(12-19)33(18-20(25)2)31-16-24(6-9-29(31)30-10-8-28(35)17-32(30)33)21-3-4-23-15-27(34)7-5-22(23)13-21/h3-10,13,15-19,25-26H,11-12,14H2,1-2H3. The van der Waals surface area contributed by atoms with Gasteiger partial charge in [-0.3, -0.25) is 0 Å². The van der Waals surface area contributed by atoms with Crippen molar-refractivity contribution >= 4 is 38.3 Å². The first-order valence-corrected chi connectivity index (χ1v) is 13.9. The Balaban J connectivity index is 1.46. The Hall–Kier alpha value is -2.35. The Morgan fingerprint density at radius 3 is 2.31 bits per heavy atom. The average Bonchev–Trinajstić information content (AvgIpc) is 3.11. The number of hydrogen-bond acceptors (Lipinski definition) is 0. The van der Waals surface area contributed by atoms with Crippen molar-refractivity contribution in [3.63, 3.8) is 0 Å². The van der Waals surface area contributed by atoms with Crippen LogP contribution in [0, 0.1) is 17.8 Å². The molecule has 3 aliphatic carbocycles. The third-order valence-corrected chi connectivity index (χ3v) is 9.73. The largest absolute Gasteiger partial charge is 0.0843 e. The number of hydrogen-bond donors (Lipinski definition) is 0. The number of benzene rings is 4. The van der Waals surface area contributed by atoms with Crippen molar-refractivity contribution in [3.05, 3.63) is 105 Å². The minimum absolute atomic E-state index is 0.0808. The highest BCUT2D eigenvalue weighted by atomic mass is 79.9. The fraction of sp³-hybridized carbons (Fsp3) is 0.273. The molecule has 0 radical (unpaired) electrons. The van der Waals surface area contributed by atoms with Crippen LogP contribution in [-0.4, -0.2) is 0 Å². The van der Waals surface area contributed by atoms with Crippen molar-refractivity contribution in [2.24, 2.45) is 17.8 Å². The second-order valence-corrected chi connectivity index (χ2v) is 12.5. The van der Waals surface area contributed by atoms with Crippen LogP contribution in [0.25, 0.3) is 33.0 Å². The van der Waals surface area contributed by atoms with E-state index in [1.165, 1.54) is 63.4 Å². The van der Waals surface area contributed by atoms with Crippen molar-refractivity contribution in [2.75, 3.05) is 0 Å². The van der Waals surface area contributed by atoms with E-state index in [-0.39, 0.29) is 5.41 Å². The van der Waals surface area contributed by atoms with E-state index in [1.807, 2.05) is 0 Å². The molecule has 1 fully saturated rings. The topological polar surface area (TPSA) is 0 Å². The maximum atomic E-state index is 6.64. The molecule has 174 valence electrons. The summed E-state index contributed by atoms with van der Waals surface area (Å²) in [4.78, 5) is 0. The first kappa shape index (κ1) is 21.9. The first-order chi connectivity index (χ1) is 16.9. The van der Waals surface area contributed by atoms with Gasteiger partial charge < -0.3 is 0 Å². The van der Waals surface area contributed by atoms with Gasteiger partial charge in [0.05, 0.1) is 0 Å². The minimum atomic E-state index is -0.0808. The molecule has 0 N–H and O–H groups in total. The molecule has 1 saturated carbocycles. The van der Waals surface area contributed by atoms with Gasteiger partial charge in [-0.1, -0.05) is 82.5 Å². The summed E-state index contributed by atoms with van der Waals surface area (Å²) < 4.78 is 1.12. The summed E-state index contributed by atoms with van der Waals surface area (Å²) in [5.74, 6) is 2.10. The molecule has 4 atom stereocenters. The highest BCUT2D eigenvalue weighted by Gasteiger charge is 2.52. The molecule has 0 saturated heterocycles. The molecule has 2 bridgehead atoms. The van der Waals surface area contributed by atoms with Gasteiger partial charge in [0.15, 0.2) is 0 Å². The van der Waals surface area contributed by atoms with Crippen molar-refractivity contribution in [3.8, 4) is 22.3 Å². The van der Waals surface area contributed by atoms with Crippen LogP contribution in [0.1, 0.15) is 44.2 Å². The molecule has 0 amide bonds. The zero-order valence-corrected chi connectivity index (χ0v) is 22.5. The van der Waals surface area contributed by atoms with Crippen molar-refractivity contribution in [1.29, 1.82) is 0 Å². The third kappa shape index (κ3) is 3.24. The lowest BCUT2D eigenvalue weighted by molar-refractivity contribution is 0.168. The molecule has 0 aromatic heterocycles. The minimum Gasteiger partial charge on any atom is -0.0843 e. The molecule has 0 aliphatic heterocycles. The predicted octanol–water partition coefficient (Wildman–Crippen LogP) is 10.2. The van der Waals surface area contributed by atoms with Crippen LogP contribution in [0.3, 0.4) is 0 Å². The van der Waals surface area contributed by atoms with E-state index in [0.29, 0.717) is 5.92 Å². The highest BCUT2D eigenvalue weighted by Crippen LogP contribution is 2.61. The normalized spacial score (nSPS) is 26.5. The number of allylic oxidation sites excluding steroid dienone is 2. The van der Waals surface area contributed by atoms with Gasteiger partial charge in [0.2, 0.25) is 0 Å². The summed E-state index contributed by atoms with van der Waals surface area (Å²) in [6, 6.07) is 27.1. The first-order valence-electron chi connectivity index (χ1n) is 12.8. The summed E-state index contributed by atoms with van der Waals surface area (Å²) in [5, 5.41) is 3.37. The molecule has 2 heteroatoms. The summed E-state index contributed by atoms with van der Waals surface area (Å²) in [7, 11) is 0. The molecule has 35 heavy (non-hydrogen) atoms. The lowest BCUT2D eigenvalue weighted by Crippen LogP contribution is -2.42. The fourth-order valence-corrected chi connectivity index (χ4v) is 8.02. The van der Waals surface area contributed by atoms with Crippen molar-refractivity contribution in [2.45, 2.75) is 38.5 Å². The average molecular weight is 540 g/mol. The Labute approximate surface area is 221 Å². The maximum absolute atomic E-state index is 6.64. The highest BCUT2D eigenvalue weighted by molar-refractivity contribution is 9.10. The van der Waals surface area contributed by atoms with Gasteiger partial charge in [-0.15, -0.1) is 0 Å². The molecular formula is C33H28BrCl. The van der Waals surface area contributed by atoms with E-state index in [9.17, 15) is 0 Å². The van der Waals surface area contributed by atoms with Gasteiger partial charge in [-0.05, 0) is 124 Å². The lowest BCUT2D eigenvalue weighted by Gasteiger charge is -2.49. The van der Waals surface area contributed by atoms with E-state index in [2.05, 4.69) is 109 Å². The lowest BCUT2D eigenvalue weighted by atomic mass is 9.55. The van der Waals surface area contributed by atoms with Crippen LogP contribution in [0.4, 0.5) is 0 Å². The van der Waals surface area contributed by atoms with Gasteiger partial charge in [-0.25, -0.2) is 0 Å². The van der Waals surface area contributed by atoms with Crippen LogP contribution in [-0.2, 0) is 5.41 Å². The van der Waals surface area contributed by atoms with E-state index < -0.39 is 0 Å². The van der Waals surface area contributed by atoms with Crippen LogP contribution in [0.2, 0.25) is 5.02 Å². The summed E-state index contributed by atoms with van der Waals surface area (Å²) >= 11 is 10.2. The van der Waals surface area contributed by atoms with Crippen LogP contribution in [0.5, 0.6) is 0 Å². The molecule has 1 spiro atoms. The van der Waals surface area contributed by atoms with Gasteiger partial charge in [0.1, 0.15) is 0 Å². The molecule has 4 unspecified atom stereocenters. The zero-order valence-electron chi connectivity index (χ0n) is 20.1. The van der Waals surface area contributed by atoms with Gasteiger partial charge in [-0.2, -0.15) is 0 Å². The van der Waals surface area contributed by atoms with E-state index in [1.54, 1.807) is 5.57 Å². The molecule has 0 nitrogen and oxygen atoms in total. The van der Waals surface area contributed by atoms with Crippen LogP contribution in [0.15, 0.2) is 88.9 Å². The Morgan fingerprint density at radius 1 is 0.771 bits per heavy atom. The Morgan fingerprint density at radius 2 is 1.46 bits per heavy atom. The smallest absolute Gasteiger partial charge is 0.0426 e. The number of fused-ring (bicyclic) bond motifs is 9. The number of halogens is 2. The fourth-order valence-electron chi connectivity index (χ4n) is 7.47. The molecule has 0 heterocycles. The van der Waals surface area contributed by atoms with Crippen LogP contribution < -0.4 is 0 Å². The summed E-state index contributed by atoms with van der Waals surface area (Å²) in [5.41, 5.74) is 9.68. The molecular weight excluding hydrogens is 512 g/mol. The second-order valence-electron chi connectivity index (χ2n) is 11.1. The van der Waals surface area contributed by atoms with Gasteiger partial charge >= 0.3 is 0 Å². The predicted molar refractivity (Wildman–Crippen MR) is 152 cm³/mol. The van der Waals surface area contributed by atoms with E-state index in [4.69, 9.17) is 11.6 Å². The van der Waals surface area contributed by atoms with Crippen molar-refractivity contribution in [1.82, 2.24) is 0 Å². The summed E-state index contributed by atoms with van der Waals surface area (Å²) in [6.45, 7) is 4.82. The van der Waals surface area contributed by atoms with Crippen LogP contribution >= 0.6 is 27.5 Å². The monoisotopic (exact) mass is 538 g/mol. The quantitative estimate of drug-likeness (QED) is 0.211. The van der Waals surface area contributed by atoms with E-state index >= 15 is 0 Å². The second kappa shape index (κ2) is 7.82. The Bertz CT molecular complexity index is 1550. The summed E-state index contributed by atoms with van der Waals surface area (Å²) in [6.07, 6.45) is 6.53. The molecule has 4 aromatic carbocycles. The zero-order chi connectivity index (χ0) is 23.9. The third-order valence-electron chi connectivity index (χ3n) is 9.00.